The van der Waals surface area contributed by atoms with Gasteiger partial charge in [-0.2, -0.15) is 0 Å². The Morgan fingerprint density at radius 1 is 1.00 bits per heavy atom. The molecule has 1 nitrogen and oxygen atoms in total. The minimum Gasteiger partial charge on any atom is -0.324 e. The minimum atomic E-state index is 0.0683. The molecule has 2 rings (SSSR count). The Labute approximate surface area is 113 Å². The largest absolute Gasteiger partial charge is 0.324 e. The van der Waals surface area contributed by atoms with E-state index < -0.39 is 0 Å². The molecule has 0 aliphatic carbocycles. The molecule has 0 radical (unpaired) electrons. The van der Waals surface area contributed by atoms with Gasteiger partial charge < -0.3 is 5.73 Å². The summed E-state index contributed by atoms with van der Waals surface area (Å²) in [5.41, 5.74) is 9.84. The summed E-state index contributed by atoms with van der Waals surface area (Å²) in [5, 5.41) is 0. The SMILES string of the molecule is Cc1ccc(C)c(Sc2ccccc2[C@@H](C)N)c1. The van der Waals surface area contributed by atoms with Gasteiger partial charge in [-0.25, -0.2) is 0 Å². The van der Waals surface area contributed by atoms with Gasteiger partial charge in [0.15, 0.2) is 0 Å². The Kier molecular flexibility index (Phi) is 4.10. The fraction of sp³-hybridized carbons (Fsp3) is 0.250. The van der Waals surface area contributed by atoms with Crippen LogP contribution >= 0.6 is 11.8 Å². The van der Waals surface area contributed by atoms with Gasteiger partial charge in [-0.05, 0) is 49.6 Å². The normalized spacial score (nSPS) is 12.4. The molecule has 0 aliphatic heterocycles. The van der Waals surface area contributed by atoms with E-state index in [1.807, 2.05) is 13.0 Å². The van der Waals surface area contributed by atoms with Crippen molar-refractivity contribution >= 4 is 11.8 Å². The maximum absolute atomic E-state index is 6.02. The van der Waals surface area contributed by atoms with E-state index in [1.54, 1.807) is 11.8 Å². The van der Waals surface area contributed by atoms with Gasteiger partial charge in [0.2, 0.25) is 0 Å². The lowest BCUT2D eigenvalue weighted by Gasteiger charge is -2.13. The lowest BCUT2D eigenvalue weighted by atomic mass is 10.1. The quantitative estimate of drug-likeness (QED) is 0.877. The zero-order chi connectivity index (χ0) is 13.1. The molecular formula is C16H19NS. The van der Waals surface area contributed by atoms with Crippen LogP contribution in [0.1, 0.15) is 29.7 Å². The Hall–Kier alpha value is -1.25. The molecule has 0 aliphatic rings. The molecular weight excluding hydrogens is 238 g/mol. The summed E-state index contributed by atoms with van der Waals surface area (Å²) < 4.78 is 0. The van der Waals surface area contributed by atoms with Gasteiger partial charge >= 0.3 is 0 Å². The van der Waals surface area contributed by atoms with Gasteiger partial charge in [-0.3, -0.25) is 0 Å². The van der Waals surface area contributed by atoms with Crippen LogP contribution in [-0.2, 0) is 0 Å². The molecule has 0 spiro atoms. The van der Waals surface area contributed by atoms with Crippen molar-refractivity contribution < 1.29 is 0 Å². The highest BCUT2D eigenvalue weighted by Gasteiger charge is 2.08. The lowest BCUT2D eigenvalue weighted by molar-refractivity contribution is 0.797. The second-order valence-corrected chi connectivity index (χ2v) is 5.78. The highest BCUT2D eigenvalue weighted by Crippen LogP contribution is 2.34. The molecule has 0 heterocycles. The lowest BCUT2D eigenvalue weighted by Crippen LogP contribution is -2.06. The van der Waals surface area contributed by atoms with Crippen molar-refractivity contribution in [2.75, 3.05) is 0 Å². The topological polar surface area (TPSA) is 26.0 Å². The number of hydrogen-bond donors (Lipinski definition) is 1. The third-order valence-electron chi connectivity index (χ3n) is 2.97. The van der Waals surface area contributed by atoms with Gasteiger partial charge in [0.25, 0.3) is 0 Å². The number of benzene rings is 2. The van der Waals surface area contributed by atoms with Crippen molar-refractivity contribution in [1.82, 2.24) is 0 Å². The monoisotopic (exact) mass is 257 g/mol. The molecule has 0 saturated carbocycles. The predicted molar refractivity (Wildman–Crippen MR) is 79.1 cm³/mol. The Morgan fingerprint density at radius 2 is 1.72 bits per heavy atom. The number of nitrogens with two attached hydrogens (primary N) is 1. The molecule has 0 bridgehead atoms. The van der Waals surface area contributed by atoms with Crippen LogP contribution in [0.5, 0.6) is 0 Å². The first-order valence-electron chi connectivity index (χ1n) is 6.17. The molecule has 18 heavy (non-hydrogen) atoms. The second-order valence-electron chi connectivity index (χ2n) is 4.70. The third-order valence-corrected chi connectivity index (χ3v) is 4.22. The highest BCUT2D eigenvalue weighted by molar-refractivity contribution is 7.99. The van der Waals surface area contributed by atoms with Gasteiger partial charge in [0, 0.05) is 15.8 Å². The highest BCUT2D eigenvalue weighted by atomic mass is 32.2. The Morgan fingerprint density at radius 3 is 2.44 bits per heavy atom. The fourth-order valence-corrected chi connectivity index (χ4v) is 3.11. The summed E-state index contributed by atoms with van der Waals surface area (Å²) in [6, 6.07) is 15.0. The van der Waals surface area contributed by atoms with E-state index in [2.05, 4.69) is 50.2 Å². The van der Waals surface area contributed by atoms with Crippen LogP contribution in [0.2, 0.25) is 0 Å². The zero-order valence-corrected chi connectivity index (χ0v) is 11.9. The van der Waals surface area contributed by atoms with Crippen molar-refractivity contribution in [3.63, 3.8) is 0 Å². The van der Waals surface area contributed by atoms with Crippen LogP contribution in [0.25, 0.3) is 0 Å². The van der Waals surface area contributed by atoms with Crippen LogP contribution in [0, 0.1) is 13.8 Å². The van der Waals surface area contributed by atoms with Crippen LogP contribution in [0.3, 0.4) is 0 Å². The molecule has 0 fully saturated rings. The Bertz CT molecular complexity index is 547. The maximum atomic E-state index is 6.02. The summed E-state index contributed by atoms with van der Waals surface area (Å²) >= 11 is 1.80. The second kappa shape index (κ2) is 5.59. The van der Waals surface area contributed by atoms with E-state index in [0.29, 0.717) is 0 Å². The zero-order valence-electron chi connectivity index (χ0n) is 11.1. The predicted octanol–water partition coefficient (Wildman–Crippen LogP) is 4.47. The van der Waals surface area contributed by atoms with E-state index in [-0.39, 0.29) is 6.04 Å². The first-order chi connectivity index (χ1) is 8.58. The Balaban J connectivity index is 2.37. The van der Waals surface area contributed by atoms with Crippen LogP contribution < -0.4 is 5.73 Å². The molecule has 0 amide bonds. The van der Waals surface area contributed by atoms with E-state index in [9.17, 15) is 0 Å². The standard InChI is InChI=1S/C16H19NS/c1-11-8-9-12(2)16(10-11)18-15-7-5-4-6-14(15)13(3)17/h4-10,13H,17H2,1-3H3/t13-/m1/s1. The van der Waals surface area contributed by atoms with Crippen molar-refractivity contribution in [3.05, 3.63) is 59.2 Å². The van der Waals surface area contributed by atoms with Crippen molar-refractivity contribution in [2.45, 2.75) is 36.6 Å². The summed E-state index contributed by atoms with van der Waals surface area (Å²) in [6.07, 6.45) is 0. The molecule has 2 aromatic carbocycles. The van der Waals surface area contributed by atoms with Gasteiger partial charge in [0.1, 0.15) is 0 Å². The smallest absolute Gasteiger partial charge is 0.0277 e. The summed E-state index contributed by atoms with van der Waals surface area (Å²) in [6.45, 7) is 6.31. The molecule has 2 N–H and O–H groups in total. The van der Waals surface area contributed by atoms with Crippen molar-refractivity contribution in [1.29, 1.82) is 0 Å². The third kappa shape index (κ3) is 2.95. The van der Waals surface area contributed by atoms with Gasteiger partial charge in [0.05, 0.1) is 0 Å². The van der Waals surface area contributed by atoms with Gasteiger partial charge in [-0.1, -0.05) is 42.1 Å². The van der Waals surface area contributed by atoms with E-state index >= 15 is 0 Å². The fourth-order valence-electron chi connectivity index (χ4n) is 1.89. The van der Waals surface area contributed by atoms with Crippen LogP contribution in [0.4, 0.5) is 0 Å². The summed E-state index contributed by atoms with van der Waals surface area (Å²) in [7, 11) is 0. The molecule has 2 heteroatoms. The van der Waals surface area contributed by atoms with Crippen molar-refractivity contribution in [3.8, 4) is 0 Å². The molecule has 1 atom stereocenters. The number of hydrogen-bond acceptors (Lipinski definition) is 2. The van der Waals surface area contributed by atoms with E-state index in [0.717, 1.165) is 0 Å². The average molecular weight is 257 g/mol. The van der Waals surface area contributed by atoms with Crippen LogP contribution in [0.15, 0.2) is 52.3 Å². The number of rotatable bonds is 3. The molecule has 0 saturated heterocycles. The first-order valence-corrected chi connectivity index (χ1v) is 6.99. The van der Waals surface area contributed by atoms with E-state index in [4.69, 9.17) is 5.73 Å². The van der Waals surface area contributed by atoms with Crippen LogP contribution in [-0.4, -0.2) is 0 Å². The van der Waals surface area contributed by atoms with Crippen molar-refractivity contribution in [2.24, 2.45) is 5.73 Å². The van der Waals surface area contributed by atoms with Gasteiger partial charge in [-0.15, -0.1) is 0 Å². The molecule has 94 valence electrons. The summed E-state index contributed by atoms with van der Waals surface area (Å²) in [5.74, 6) is 0. The molecule has 2 aromatic rings. The minimum absolute atomic E-state index is 0.0683. The number of aryl methyl sites for hydroxylation is 2. The average Bonchev–Trinajstić information content (AvgIpc) is 2.34. The first kappa shape index (κ1) is 13.2. The van der Waals surface area contributed by atoms with E-state index in [1.165, 1.54) is 26.5 Å². The molecule has 0 unspecified atom stereocenters. The maximum Gasteiger partial charge on any atom is 0.0277 e. The summed E-state index contributed by atoms with van der Waals surface area (Å²) in [4.78, 5) is 2.56. The molecule has 0 aromatic heterocycles.